The van der Waals surface area contributed by atoms with Crippen molar-refractivity contribution in [3.63, 3.8) is 0 Å². The van der Waals surface area contributed by atoms with Crippen LogP contribution < -0.4 is 0 Å². The van der Waals surface area contributed by atoms with Crippen LogP contribution in [0.25, 0.3) is 0 Å². The number of hydrogen-bond donors (Lipinski definition) is 0. The predicted molar refractivity (Wildman–Crippen MR) is 102 cm³/mol. The van der Waals surface area contributed by atoms with Crippen LogP contribution in [0.15, 0.2) is 24.3 Å². The molecule has 0 saturated heterocycles. The van der Waals surface area contributed by atoms with Gasteiger partial charge in [0.1, 0.15) is 0 Å². The smallest absolute Gasteiger partial charge is 0.310 e. The molecule has 8 nitrogen and oxygen atoms in total. The molecule has 1 rings (SSSR count). The lowest BCUT2D eigenvalue weighted by atomic mass is 10.1. The van der Waals surface area contributed by atoms with Crippen molar-refractivity contribution >= 4 is 17.6 Å². The number of carbonyl (C=O) groups excluding carboxylic acids is 2. The van der Waals surface area contributed by atoms with Gasteiger partial charge in [-0.05, 0) is 13.1 Å². The van der Waals surface area contributed by atoms with Crippen molar-refractivity contribution in [2.75, 3.05) is 39.8 Å². The minimum absolute atomic E-state index is 0.0736. The van der Waals surface area contributed by atoms with Crippen LogP contribution in [-0.4, -0.2) is 66.4 Å². The molecule has 0 aromatic heterocycles. The first-order chi connectivity index (χ1) is 12.8. The second-order valence-corrected chi connectivity index (χ2v) is 6.35. The summed E-state index contributed by atoms with van der Waals surface area (Å²) in [6.07, 6.45) is -0.0801. The highest BCUT2D eigenvalue weighted by Crippen LogP contribution is 2.19. The molecule has 0 aliphatic heterocycles. The van der Waals surface area contributed by atoms with Gasteiger partial charge in [0.2, 0.25) is 5.91 Å². The third-order valence-corrected chi connectivity index (χ3v) is 4.56. The van der Waals surface area contributed by atoms with E-state index in [1.807, 2.05) is 13.8 Å². The quantitative estimate of drug-likeness (QED) is 0.332. The molecule has 0 radical (unpaired) electrons. The van der Waals surface area contributed by atoms with Crippen LogP contribution in [0.3, 0.4) is 0 Å². The number of likely N-dealkylation sites (N-methyl/N-ethyl adjacent to an activating group) is 1. The van der Waals surface area contributed by atoms with E-state index in [2.05, 4.69) is 4.90 Å². The van der Waals surface area contributed by atoms with Crippen molar-refractivity contribution in [3.05, 3.63) is 39.9 Å². The summed E-state index contributed by atoms with van der Waals surface area (Å²) in [7, 11) is 1.31. The first-order valence-electron chi connectivity index (χ1n) is 9.14. The van der Waals surface area contributed by atoms with Gasteiger partial charge in [0.15, 0.2) is 0 Å². The summed E-state index contributed by atoms with van der Waals surface area (Å²) in [6, 6.07) is 6.22. The molecule has 0 saturated carbocycles. The Balaban J connectivity index is 2.94. The number of nitro groups is 1. The number of methoxy groups -OCH3 is 1. The number of rotatable bonds is 11. The van der Waals surface area contributed by atoms with E-state index >= 15 is 0 Å². The Hall–Kier alpha value is -2.48. The average Bonchev–Trinajstić information content (AvgIpc) is 2.66. The topological polar surface area (TPSA) is 93.0 Å². The van der Waals surface area contributed by atoms with Crippen molar-refractivity contribution in [3.8, 4) is 0 Å². The van der Waals surface area contributed by atoms with Gasteiger partial charge < -0.3 is 14.5 Å². The molecule has 0 heterocycles. The molecule has 0 spiro atoms. The van der Waals surface area contributed by atoms with Crippen LogP contribution >= 0.6 is 0 Å². The second-order valence-electron chi connectivity index (χ2n) is 6.35. The van der Waals surface area contributed by atoms with E-state index in [9.17, 15) is 19.7 Å². The molecule has 1 aromatic rings. The van der Waals surface area contributed by atoms with Gasteiger partial charge in [-0.25, -0.2) is 0 Å². The summed E-state index contributed by atoms with van der Waals surface area (Å²) < 4.78 is 4.75. The summed E-state index contributed by atoms with van der Waals surface area (Å²) in [5.74, 6) is -1.10. The molecule has 0 bridgehead atoms. The second kappa shape index (κ2) is 11.3. The number of amides is 1. The predicted octanol–water partition coefficient (Wildman–Crippen LogP) is 2.12. The molecule has 0 aliphatic rings. The van der Waals surface area contributed by atoms with Crippen LogP contribution in [0.2, 0.25) is 0 Å². The number of nitrogens with zero attached hydrogens (tertiary/aromatic N) is 3. The van der Waals surface area contributed by atoms with Crippen LogP contribution in [0, 0.1) is 16.0 Å². The summed E-state index contributed by atoms with van der Waals surface area (Å²) in [5.41, 5.74) is 0.293. The molecule has 1 unspecified atom stereocenters. The van der Waals surface area contributed by atoms with Gasteiger partial charge in [-0.1, -0.05) is 39.0 Å². The molecular weight excluding hydrogens is 350 g/mol. The Labute approximate surface area is 160 Å². The molecule has 1 aromatic carbocycles. The highest BCUT2D eigenvalue weighted by Gasteiger charge is 2.24. The van der Waals surface area contributed by atoms with E-state index in [0.29, 0.717) is 18.7 Å². The lowest BCUT2D eigenvalue weighted by Crippen LogP contribution is -2.43. The Bertz CT molecular complexity index is 646. The minimum atomic E-state index is -0.486. The van der Waals surface area contributed by atoms with Gasteiger partial charge in [0, 0.05) is 31.3 Å². The maximum Gasteiger partial charge on any atom is 0.310 e. The average molecular weight is 379 g/mol. The first-order valence-corrected chi connectivity index (χ1v) is 9.14. The van der Waals surface area contributed by atoms with Gasteiger partial charge in [0.25, 0.3) is 5.69 Å². The van der Waals surface area contributed by atoms with Crippen molar-refractivity contribution in [1.82, 2.24) is 9.80 Å². The molecule has 8 heteroatoms. The Morgan fingerprint density at radius 1 is 1.19 bits per heavy atom. The molecule has 150 valence electrons. The highest BCUT2D eigenvalue weighted by atomic mass is 16.6. The maximum atomic E-state index is 12.9. The normalized spacial score (nSPS) is 11.9. The van der Waals surface area contributed by atoms with E-state index in [0.717, 1.165) is 13.1 Å². The SMILES string of the molecule is CCN(CC)CCN(CC(C)C(=O)OC)C(=O)Cc1ccccc1[N+](=O)[O-]. The Kier molecular flexibility index (Phi) is 9.42. The van der Waals surface area contributed by atoms with E-state index < -0.39 is 10.8 Å². The fourth-order valence-corrected chi connectivity index (χ4v) is 2.84. The molecule has 1 amide bonds. The molecule has 0 N–H and O–H groups in total. The zero-order valence-corrected chi connectivity index (χ0v) is 16.5. The monoisotopic (exact) mass is 379 g/mol. The van der Waals surface area contributed by atoms with Crippen molar-refractivity contribution in [2.45, 2.75) is 27.2 Å². The van der Waals surface area contributed by atoms with Crippen molar-refractivity contribution in [2.24, 2.45) is 5.92 Å². The standard InChI is InChI=1S/C19H29N3O5/c1-5-20(6-2)11-12-21(14-15(3)19(24)27-4)18(23)13-16-9-7-8-10-17(16)22(25)26/h7-10,15H,5-6,11-14H2,1-4H3. The fraction of sp³-hybridized carbons (Fsp3) is 0.579. The highest BCUT2D eigenvalue weighted by molar-refractivity contribution is 5.81. The van der Waals surface area contributed by atoms with Gasteiger partial charge in [-0.15, -0.1) is 0 Å². The van der Waals surface area contributed by atoms with Gasteiger partial charge in [0.05, 0.1) is 24.4 Å². The van der Waals surface area contributed by atoms with Crippen LogP contribution in [0.5, 0.6) is 0 Å². The lowest BCUT2D eigenvalue weighted by molar-refractivity contribution is -0.385. The van der Waals surface area contributed by atoms with E-state index in [1.165, 1.54) is 13.2 Å². The molecule has 27 heavy (non-hydrogen) atoms. The summed E-state index contributed by atoms with van der Waals surface area (Å²) in [4.78, 5) is 39.1. The molecule has 0 aliphatic carbocycles. The van der Waals surface area contributed by atoms with Crippen LogP contribution in [0.4, 0.5) is 5.69 Å². The number of carbonyl (C=O) groups is 2. The number of esters is 1. The number of para-hydroxylation sites is 1. The number of nitro benzene ring substituents is 1. The molecule has 1 atom stereocenters. The molecular formula is C19H29N3O5. The van der Waals surface area contributed by atoms with Crippen LogP contribution in [-0.2, 0) is 20.7 Å². The Morgan fingerprint density at radius 2 is 1.81 bits per heavy atom. The van der Waals surface area contributed by atoms with Gasteiger partial charge >= 0.3 is 5.97 Å². The minimum Gasteiger partial charge on any atom is -0.469 e. The lowest BCUT2D eigenvalue weighted by Gasteiger charge is -2.28. The van der Waals surface area contributed by atoms with Crippen LogP contribution in [0.1, 0.15) is 26.3 Å². The summed E-state index contributed by atoms with van der Waals surface area (Å²) in [5, 5.41) is 11.2. The number of ether oxygens (including phenoxy) is 1. The number of benzene rings is 1. The van der Waals surface area contributed by atoms with E-state index in [1.54, 1.807) is 30.0 Å². The van der Waals surface area contributed by atoms with E-state index in [-0.39, 0.29) is 30.5 Å². The van der Waals surface area contributed by atoms with Gasteiger partial charge in [-0.3, -0.25) is 19.7 Å². The zero-order valence-electron chi connectivity index (χ0n) is 16.5. The van der Waals surface area contributed by atoms with E-state index in [4.69, 9.17) is 4.74 Å². The first kappa shape index (κ1) is 22.6. The fourth-order valence-electron chi connectivity index (χ4n) is 2.84. The maximum absolute atomic E-state index is 12.9. The Morgan fingerprint density at radius 3 is 2.37 bits per heavy atom. The van der Waals surface area contributed by atoms with Gasteiger partial charge in [-0.2, -0.15) is 0 Å². The van der Waals surface area contributed by atoms with Crippen molar-refractivity contribution in [1.29, 1.82) is 0 Å². The largest absolute Gasteiger partial charge is 0.469 e. The molecule has 0 fully saturated rings. The number of hydrogen-bond acceptors (Lipinski definition) is 6. The summed E-state index contributed by atoms with van der Waals surface area (Å²) in [6.45, 7) is 8.83. The third kappa shape index (κ3) is 6.97. The zero-order chi connectivity index (χ0) is 20.4. The summed E-state index contributed by atoms with van der Waals surface area (Å²) >= 11 is 0. The van der Waals surface area contributed by atoms with Crippen molar-refractivity contribution < 1.29 is 19.2 Å². The third-order valence-electron chi connectivity index (χ3n) is 4.56.